The van der Waals surface area contributed by atoms with E-state index in [1.165, 1.54) is 0 Å². The first kappa shape index (κ1) is 7.96. The van der Waals surface area contributed by atoms with Crippen molar-refractivity contribution in [2.45, 2.75) is 39.0 Å². The smallest absolute Gasteiger partial charge is 0.134 e. The standard InChI is InChI=1S/C8H14F2/c1-5-3-4-6(2)8(10)7(5)9/h5-8H,3-4H2,1-2H3/t5?,6?,7-,8?/m1/s1. The van der Waals surface area contributed by atoms with Gasteiger partial charge in [-0.15, -0.1) is 0 Å². The van der Waals surface area contributed by atoms with Crippen LogP contribution >= 0.6 is 0 Å². The summed E-state index contributed by atoms with van der Waals surface area (Å²) < 4.78 is 25.7. The Morgan fingerprint density at radius 3 is 1.50 bits per heavy atom. The third kappa shape index (κ3) is 1.30. The number of hydrogen-bond donors (Lipinski definition) is 0. The fourth-order valence-corrected chi connectivity index (χ4v) is 1.47. The molecule has 1 aliphatic carbocycles. The molecule has 0 saturated heterocycles. The first-order valence-corrected chi connectivity index (χ1v) is 3.91. The van der Waals surface area contributed by atoms with Crippen LogP contribution in [0, 0.1) is 11.8 Å². The van der Waals surface area contributed by atoms with Crippen molar-refractivity contribution in [3.05, 3.63) is 0 Å². The molecule has 0 bridgehead atoms. The lowest BCUT2D eigenvalue weighted by molar-refractivity contribution is 0.0367. The molecule has 0 heterocycles. The average molecular weight is 148 g/mol. The van der Waals surface area contributed by atoms with Gasteiger partial charge in [0, 0.05) is 0 Å². The van der Waals surface area contributed by atoms with Gasteiger partial charge in [-0.3, -0.25) is 0 Å². The van der Waals surface area contributed by atoms with Gasteiger partial charge in [0.05, 0.1) is 0 Å². The van der Waals surface area contributed by atoms with E-state index in [4.69, 9.17) is 0 Å². The van der Waals surface area contributed by atoms with Crippen molar-refractivity contribution in [2.75, 3.05) is 0 Å². The molecule has 0 aromatic heterocycles. The van der Waals surface area contributed by atoms with Gasteiger partial charge in [0.2, 0.25) is 0 Å². The van der Waals surface area contributed by atoms with Gasteiger partial charge >= 0.3 is 0 Å². The highest BCUT2D eigenvalue weighted by atomic mass is 19.2. The summed E-state index contributed by atoms with van der Waals surface area (Å²) in [6.45, 7) is 3.56. The minimum atomic E-state index is -1.22. The molecule has 0 aromatic rings. The molecular weight excluding hydrogens is 134 g/mol. The van der Waals surface area contributed by atoms with Gasteiger partial charge in [-0.25, -0.2) is 8.78 Å². The van der Waals surface area contributed by atoms with Crippen LogP contribution in [0.2, 0.25) is 0 Å². The molecule has 0 N–H and O–H groups in total. The fourth-order valence-electron chi connectivity index (χ4n) is 1.47. The van der Waals surface area contributed by atoms with Crippen LogP contribution in [-0.2, 0) is 0 Å². The third-order valence-corrected chi connectivity index (χ3v) is 2.47. The predicted octanol–water partition coefficient (Wildman–Crippen LogP) is 2.73. The first-order valence-electron chi connectivity index (χ1n) is 3.91. The van der Waals surface area contributed by atoms with E-state index in [1.54, 1.807) is 13.8 Å². The van der Waals surface area contributed by atoms with Crippen LogP contribution in [0.4, 0.5) is 8.78 Å². The molecule has 10 heavy (non-hydrogen) atoms. The second kappa shape index (κ2) is 2.85. The molecule has 0 spiro atoms. The monoisotopic (exact) mass is 148 g/mol. The Morgan fingerprint density at radius 2 is 1.20 bits per heavy atom. The summed E-state index contributed by atoms with van der Waals surface area (Å²) in [6, 6.07) is 0. The summed E-state index contributed by atoms with van der Waals surface area (Å²) in [4.78, 5) is 0. The Balaban J connectivity index is 2.52. The van der Waals surface area contributed by atoms with Gasteiger partial charge in [-0.05, 0) is 24.7 Å². The second-order valence-corrected chi connectivity index (χ2v) is 3.42. The van der Waals surface area contributed by atoms with Crippen molar-refractivity contribution < 1.29 is 8.78 Å². The van der Waals surface area contributed by atoms with Crippen LogP contribution in [0.1, 0.15) is 26.7 Å². The summed E-state index contributed by atoms with van der Waals surface area (Å²) in [5, 5.41) is 0. The van der Waals surface area contributed by atoms with E-state index in [1.807, 2.05) is 0 Å². The zero-order chi connectivity index (χ0) is 7.72. The average Bonchev–Trinajstić information content (AvgIpc) is 1.93. The van der Waals surface area contributed by atoms with Gasteiger partial charge in [0.15, 0.2) is 0 Å². The molecular formula is C8H14F2. The maximum Gasteiger partial charge on any atom is 0.134 e. The van der Waals surface area contributed by atoms with Crippen LogP contribution in [0.15, 0.2) is 0 Å². The molecule has 1 aliphatic rings. The Labute approximate surface area is 60.6 Å². The van der Waals surface area contributed by atoms with E-state index in [-0.39, 0.29) is 11.8 Å². The molecule has 0 aliphatic heterocycles. The first-order chi connectivity index (χ1) is 4.63. The lowest BCUT2D eigenvalue weighted by Gasteiger charge is -2.30. The summed E-state index contributed by atoms with van der Waals surface area (Å²) in [5.74, 6) is -0.155. The molecule has 60 valence electrons. The van der Waals surface area contributed by atoms with Gasteiger partial charge < -0.3 is 0 Å². The van der Waals surface area contributed by atoms with E-state index < -0.39 is 12.3 Å². The topological polar surface area (TPSA) is 0 Å². The maximum atomic E-state index is 12.8. The number of halogens is 2. The van der Waals surface area contributed by atoms with E-state index >= 15 is 0 Å². The summed E-state index contributed by atoms with van der Waals surface area (Å²) in [6.07, 6.45) is -0.765. The van der Waals surface area contributed by atoms with Crippen molar-refractivity contribution in [3.8, 4) is 0 Å². The minimum Gasteiger partial charge on any atom is -0.244 e. The molecule has 4 atom stereocenters. The highest BCUT2D eigenvalue weighted by Gasteiger charge is 2.35. The highest BCUT2D eigenvalue weighted by molar-refractivity contribution is 4.83. The maximum absolute atomic E-state index is 12.8. The van der Waals surface area contributed by atoms with E-state index in [0.717, 1.165) is 12.8 Å². The van der Waals surface area contributed by atoms with Gasteiger partial charge in [-0.2, -0.15) is 0 Å². The van der Waals surface area contributed by atoms with Gasteiger partial charge in [-0.1, -0.05) is 13.8 Å². The van der Waals surface area contributed by atoms with E-state index in [0.29, 0.717) is 0 Å². The minimum absolute atomic E-state index is 0.0776. The fraction of sp³-hybridized carbons (Fsp3) is 1.00. The lowest BCUT2D eigenvalue weighted by atomic mass is 9.81. The molecule has 1 rings (SSSR count). The summed E-state index contributed by atoms with van der Waals surface area (Å²) in [7, 11) is 0. The van der Waals surface area contributed by atoms with Crippen molar-refractivity contribution in [3.63, 3.8) is 0 Å². The van der Waals surface area contributed by atoms with Crippen LogP contribution in [0.5, 0.6) is 0 Å². The van der Waals surface area contributed by atoms with Crippen LogP contribution in [-0.4, -0.2) is 12.3 Å². The van der Waals surface area contributed by atoms with Crippen molar-refractivity contribution >= 4 is 0 Å². The largest absolute Gasteiger partial charge is 0.244 e. The predicted molar refractivity (Wildman–Crippen MR) is 37.4 cm³/mol. The van der Waals surface area contributed by atoms with E-state index in [9.17, 15) is 8.78 Å². The van der Waals surface area contributed by atoms with Crippen molar-refractivity contribution in [1.82, 2.24) is 0 Å². The number of hydrogen-bond acceptors (Lipinski definition) is 0. The number of alkyl halides is 2. The van der Waals surface area contributed by atoms with Gasteiger partial charge in [0.1, 0.15) is 12.3 Å². The Hall–Kier alpha value is -0.140. The Bertz CT molecular complexity index is 99.8. The summed E-state index contributed by atoms with van der Waals surface area (Å²) in [5.41, 5.74) is 0. The Kier molecular flexibility index (Phi) is 2.27. The number of rotatable bonds is 0. The van der Waals surface area contributed by atoms with Crippen LogP contribution in [0.25, 0.3) is 0 Å². The molecule has 0 radical (unpaired) electrons. The molecule has 0 nitrogen and oxygen atoms in total. The zero-order valence-electron chi connectivity index (χ0n) is 6.48. The zero-order valence-corrected chi connectivity index (χ0v) is 6.48. The highest BCUT2D eigenvalue weighted by Crippen LogP contribution is 2.32. The van der Waals surface area contributed by atoms with Crippen molar-refractivity contribution in [2.24, 2.45) is 11.8 Å². The quantitative estimate of drug-likeness (QED) is 0.495. The molecule has 0 amide bonds. The lowest BCUT2D eigenvalue weighted by Crippen LogP contribution is -2.35. The second-order valence-electron chi connectivity index (χ2n) is 3.42. The molecule has 1 fully saturated rings. The van der Waals surface area contributed by atoms with E-state index in [2.05, 4.69) is 0 Å². The van der Waals surface area contributed by atoms with Gasteiger partial charge in [0.25, 0.3) is 0 Å². The normalized spacial score (nSPS) is 49.2. The Morgan fingerprint density at radius 1 is 0.900 bits per heavy atom. The molecule has 3 unspecified atom stereocenters. The molecule has 0 aromatic carbocycles. The third-order valence-electron chi connectivity index (χ3n) is 2.47. The molecule has 2 heteroatoms. The molecule has 1 saturated carbocycles. The summed E-state index contributed by atoms with van der Waals surface area (Å²) >= 11 is 0. The van der Waals surface area contributed by atoms with Crippen LogP contribution in [0.3, 0.4) is 0 Å². The SMILES string of the molecule is CC1CCC(C)[C@@H](F)C1F. The van der Waals surface area contributed by atoms with Crippen molar-refractivity contribution in [1.29, 1.82) is 0 Å². The van der Waals surface area contributed by atoms with Crippen LogP contribution < -0.4 is 0 Å².